The van der Waals surface area contributed by atoms with Crippen LogP contribution in [0.15, 0.2) is 0 Å². The highest BCUT2D eigenvalue weighted by molar-refractivity contribution is 5.69. The van der Waals surface area contributed by atoms with E-state index >= 15 is 0 Å². The van der Waals surface area contributed by atoms with Crippen LogP contribution >= 0.6 is 0 Å². The zero-order valence-corrected chi connectivity index (χ0v) is 10.3. The van der Waals surface area contributed by atoms with Crippen molar-refractivity contribution in [1.82, 2.24) is 0 Å². The highest BCUT2D eigenvalue weighted by Gasteiger charge is 2.26. The molecule has 2 unspecified atom stereocenters. The molecule has 0 aromatic rings. The molecule has 4 nitrogen and oxygen atoms in total. The summed E-state index contributed by atoms with van der Waals surface area (Å²) in [6, 6.07) is 0. The molecule has 1 heterocycles. The number of hydrogen-bond acceptors (Lipinski definition) is 4. The third-order valence-corrected chi connectivity index (χ3v) is 2.79. The van der Waals surface area contributed by atoms with E-state index in [0.717, 1.165) is 25.7 Å². The van der Waals surface area contributed by atoms with Crippen molar-refractivity contribution < 1.29 is 14.3 Å². The Balaban J connectivity index is 2.22. The van der Waals surface area contributed by atoms with E-state index in [4.69, 9.17) is 15.2 Å². The van der Waals surface area contributed by atoms with Crippen molar-refractivity contribution in [1.29, 1.82) is 0 Å². The lowest BCUT2D eigenvalue weighted by atomic mass is 10.0. The Morgan fingerprint density at radius 1 is 1.31 bits per heavy atom. The number of carbonyl (C=O) groups excluding carboxylic acids is 1. The second kappa shape index (κ2) is 6.86. The van der Waals surface area contributed by atoms with Crippen LogP contribution in [0, 0.1) is 0 Å². The van der Waals surface area contributed by atoms with Crippen molar-refractivity contribution in [2.75, 3.05) is 6.54 Å². The molecule has 0 radical (unpaired) electrons. The molecule has 0 aromatic heterocycles. The third kappa shape index (κ3) is 4.94. The fourth-order valence-corrected chi connectivity index (χ4v) is 2.10. The van der Waals surface area contributed by atoms with Gasteiger partial charge >= 0.3 is 5.97 Å². The van der Waals surface area contributed by atoms with Crippen molar-refractivity contribution in [3.05, 3.63) is 0 Å². The molecule has 2 atom stereocenters. The first-order valence-electron chi connectivity index (χ1n) is 6.16. The van der Waals surface area contributed by atoms with Gasteiger partial charge in [0.2, 0.25) is 0 Å². The number of ether oxygens (including phenoxy) is 2. The summed E-state index contributed by atoms with van der Waals surface area (Å²) in [5.74, 6) is -0.0975. The molecule has 0 amide bonds. The van der Waals surface area contributed by atoms with E-state index in [1.165, 1.54) is 0 Å². The Morgan fingerprint density at radius 2 is 1.94 bits per heavy atom. The van der Waals surface area contributed by atoms with E-state index in [-0.39, 0.29) is 24.3 Å². The molecule has 0 saturated carbocycles. The minimum absolute atomic E-state index is 0.0316. The quantitative estimate of drug-likeness (QED) is 0.575. The number of esters is 1. The number of carbonyl (C=O) groups is 1. The molecule has 1 aliphatic rings. The minimum atomic E-state index is -0.0975. The van der Waals surface area contributed by atoms with Gasteiger partial charge in [0.15, 0.2) is 0 Å². The van der Waals surface area contributed by atoms with Crippen molar-refractivity contribution >= 4 is 5.97 Å². The van der Waals surface area contributed by atoms with E-state index in [2.05, 4.69) is 0 Å². The van der Waals surface area contributed by atoms with E-state index in [1.54, 1.807) is 0 Å². The molecule has 1 fully saturated rings. The maximum atomic E-state index is 11.5. The van der Waals surface area contributed by atoms with Gasteiger partial charge in [0.25, 0.3) is 0 Å². The molecule has 2 N–H and O–H groups in total. The summed E-state index contributed by atoms with van der Waals surface area (Å²) in [7, 11) is 0. The number of nitrogens with two attached hydrogens (primary N) is 1. The van der Waals surface area contributed by atoms with Crippen LogP contribution in [0.4, 0.5) is 0 Å². The van der Waals surface area contributed by atoms with Crippen LogP contribution in [0.5, 0.6) is 0 Å². The van der Waals surface area contributed by atoms with Crippen LogP contribution < -0.4 is 5.73 Å². The van der Waals surface area contributed by atoms with Crippen LogP contribution in [-0.2, 0) is 14.3 Å². The lowest BCUT2D eigenvalue weighted by molar-refractivity contribution is -0.159. The average Bonchev–Trinajstić information content (AvgIpc) is 2.16. The van der Waals surface area contributed by atoms with Crippen LogP contribution in [0.1, 0.15) is 46.0 Å². The van der Waals surface area contributed by atoms with E-state index < -0.39 is 0 Å². The topological polar surface area (TPSA) is 61.5 Å². The second-order valence-corrected chi connectivity index (χ2v) is 4.59. The fraction of sp³-hybridized carbons (Fsp3) is 0.917. The van der Waals surface area contributed by atoms with Gasteiger partial charge in [0.05, 0.1) is 12.2 Å². The standard InChI is InChI=1S/C12H23NO3/c1-9-7-11(8-10(2)15-9)16-12(14)5-3-4-6-13/h9-11H,3-8,13H2,1-2H3. The predicted octanol–water partition coefficient (Wildman–Crippen LogP) is 1.61. The molecule has 4 heteroatoms. The summed E-state index contributed by atoms with van der Waals surface area (Å²) in [5, 5.41) is 0. The normalized spacial score (nSPS) is 30.1. The molecular weight excluding hydrogens is 206 g/mol. The van der Waals surface area contributed by atoms with Gasteiger partial charge in [-0.3, -0.25) is 4.79 Å². The zero-order valence-electron chi connectivity index (χ0n) is 10.3. The summed E-state index contributed by atoms with van der Waals surface area (Å²) in [5.41, 5.74) is 5.37. The first-order valence-corrected chi connectivity index (χ1v) is 6.16. The monoisotopic (exact) mass is 229 g/mol. The highest BCUT2D eigenvalue weighted by atomic mass is 16.6. The summed E-state index contributed by atoms with van der Waals surface area (Å²) < 4.78 is 11.0. The minimum Gasteiger partial charge on any atom is -0.462 e. The Bertz CT molecular complexity index is 210. The first kappa shape index (κ1) is 13.5. The Morgan fingerprint density at radius 3 is 2.50 bits per heavy atom. The smallest absolute Gasteiger partial charge is 0.306 e. The summed E-state index contributed by atoms with van der Waals surface area (Å²) in [6.07, 6.45) is 4.22. The maximum absolute atomic E-state index is 11.5. The van der Waals surface area contributed by atoms with Gasteiger partial charge < -0.3 is 15.2 Å². The highest BCUT2D eigenvalue weighted by Crippen LogP contribution is 2.22. The average molecular weight is 229 g/mol. The molecule has 1 aliphatic heterocycles. The number of rotatable bonds is 5. The van der Waals surface area contributed by atoms with Crippen molar-refractivity contribution in [3.63, 3.8) is 0 Å². The van der Waals surface area contributed by atoms with E-state index in [9.17, 15) is 4.79 Å². The van der Waals surface area contributed by atoms with E-state index in [1.807, 2.05) is 13.8 Å². The molecule has 0 bridgehead atoms. The second-order valence-electron chi connectivity index (χ2n) is 4.59. The van der Waals surface area contributed by atoms with Crippen molar-refractivity contribution in [2.45, 2.75) is 64.3 Å². The first-order chi connectivity index (χ1) is 7.61. The van der Waals surface area contributed by atoms with Gasteiger partial charge in [-0.15, -0.1) is 0 Å². The summed E-state index contributed by atoms with van der Waals surface area (Å²) in [4.78, 5) is 11.5. The summed E-state index contributed by atoms with van der Waals surface area (Å²) in [6.45, 7) is 4.68. The number of unbranched alkanes of at least 4 members (excludes halogenated alkanes) is 1. The lowest BCUT2D eigenvalue weighted by Crippen LogP contribution is -2.35. The van der Waals surface area contributed by atoms with Gasteiger partial charge in [-0.25, -0.2) is 0 Å². The number of hydrogen-bond donors (Lipinski definition) is 1. The lowest BCUT2D eigenvalue weighted by Gasteiger charge is -2.31. The Hall–Kier alpha value is -0.610. The molecule has 16 heavy (non-hydrogen) atoms. The van der Waals surface area contributed by atoms with Gasteiger partial charge in [0, 0.05) is 19.3 Å². The van der Waals surface area contributed by atoms with Crippen LogP contribution in [-0.4, -0.2) is 30.8 Å². The Labute approximate surface area is 97.5 Å². The summed E-state index contributed by atoms with van der Waals surface area (Å²) >= 11 is 0. The van der Waals surface area contributed by atoms with Crippen LogP contribution in [0.25, 0.3) is 0 Å². The maximum Gasteiger partial charge on any atom is 0.306 e. The Kier molecular flexibility index (Phi) is 5.77. The van der Waals surface area contributed by atoms with Crippen molar-refractivity contribution in [3.8, 4) is 0 Å². The fourth-order valence-electron chi connectivity index (χ4n) is 2.10. The molecule has 0 aliphatic carbocycles. The predicted molar refractivity (Wildman–Crippen MR) is 62.0 cm³/mol. The molecular formula is C12H23NO3. The van der Waals surface area contributed by atoms with E-state index in [0.29, 0.717) is 13.0 Å². The molecule has 0 spiro atoms. The molecule has 1 saturated heterocycles. The van der Waals surface area contributed by atoms with Crippen LogP contribution in [0.2, 0.25) is 0 Å². The third-order valence-electron chi connectivity index (χ3n) is 2.79. The van der Waals surface area contributed by atoms with Gasteiger partial charge in [-0.2, -0.15) is 0 Å². The SMILES string of the molecule is CC1CC(OC(=O)CCCCN)CC(C)O1. The van der Waals surface area contributed by atoms with Gasteiger partial charge in [-0.1, -0.05) is 0 Å². The zero-order chi connectivity index (χ0) is 12.0. The van der Waals surface area contributed by atoms with Crippen molar-refractivity contribution in [2.24, 2.45) is 5.73 Å². The molecule has 0 aromatic carbocycles. The largest absolute Gasteiger partial charge is 0.462 e. The molecule has 94 valence electrons. The van der Waals surface area contributed by atoms with Gasteiger partial charge in [0.1, 0.15) is 6.10 Å². The van der Waals surface area contributed by atoms with Crippen LogP contribution in [0.3, 0.4) is 0 Å². The van der Waals surface area contributed by atoms with Gasteiger partial charge in [-0.05, 0) is 33.2 Å². The molecule has 1 rings (SSSR count).